The van der Waals surface area contributed by atoms with Crippen LogP contribution in [0.15, 0.2) is 28.7 Å². The predicted molar refractivity (Wildman–Crippen MR) is 104 cm³/mol. The van der Waals surface area contributed by atoms with E-state index in [1.54, 1.807) is 7.11 Å². The van der Waals surface area contributed by atoms with E-state index in [1.807, 2.05) is 25.1 Å². The number of nitrogens with one attached hydrogen (secondary N) is 1. The molecule has 2 aliphatic rings. The van der Waals surface area contributed by atoms with E-state index in [0.717, 1.165) is 55.7 Å². The van der Waals surface area contributed by atoms with Gasteiger partial charge in [0.05, 0.1) is 26.4 Å². The summed E-state index contributed by atoms with van der Waals surface area (Å²) < 4.78 is 28.3. The van der Waals surface area contributed by atoms with Crippen molar-refractivity contribution in [2.75, 3.05) is 53.2 Å². The van der Waals surface area contributed by atoms with Gasteiger partial charge in [-0.25, -0.2) is 0 Å². The number of methoxy groups -OCH3 is 1. The van der Waals surface area contributed by atoms with Crippen molar-refractivity contribution in [2.45, 2.75) is 19.5 Å². The quantitative estimate of drug-likeness (QED) is 0.782. The van der Waals surface area contributed by atoms with Gasteiger partial charge in [0, 0.05) is 26.2 Å². The molecule has 4 rings (SSSR count). The Hall–Kier alpha value is -2.22. The van der Waals surface area contributed by atoms with Crippen molar-refractivity contribution >= 4 is 0 Å². The minimum absolute atomic E-state index is 0.178. The monoisotopic (exact) mass is 388 g/mol. The number of fused-ring (bicyclic) bond motifs is 1. The van der Waals surface area contributed by atoms with Crippen LogP contribution in [0.3, 0.4) is 0 Å². The van der Waals surface area contributed by atoms with Gasteiger partial charge in [-0.1, -0.05) is 0 Å². The van der Waals surface area contributed by atoms with Crippen LogP contribution in [0.25, 0.3) is 0 Å². The third-order valence-electron chi connectivity index (χ3n) is 5.13. The van der Waals surface area contributed by atoms with Crippen LogP contribution in [-0.2, 0) is 11.3 Å². The Balaban J connectivity index is 1.44. The molecule has 1 unspecified atom stereocenters. The molecule has 0 aliphatic carbocycles. The van der Waals surface area contributed by atoms with Crippen molar-refractivity contribution in [3.8, 4) is 17.2 Å². The average Bonchev–Trinajstić information content (AvgIpc) is 3.17. The van der Waals surface area contributed by atoms with E-state index in [2.05, 4.69) is 16.3 Å². The zero-order chi connectivity index (χ0) is 19.3. The Morgan fingerprint density at radius 1 is 1.11 bits per heavy atom. The zero-order valence-corrected chi connectivity index (χ0v) is 16.5. The summed E-state index contributed by atoms with van der Waals surface area (Å²) in [6.07, 6.45) is 0. The van der Waals surface area contributed by atoms with E-state index in [1.165, 1.54) is 0 Å². The van der Waals surface area contributed by atoms with Gasteiger partial charge in [0.15, 0.2) is 11.5 Å². The summed E-state index contributed by atoms with van der Waals surface area (Å²) in [5.41, 5.74) is 1.09. The third-order valence-corrected chi connectivity index (χ3v) is 5.13. The molecule has 0 bridgehead atoms. The second-order valence-electron chi connectivity index (χ2n) is 7.07. The highest BCUT2D eigenvalue weighted by Gasteiger charge is 2.25. The van der Waals surface area contributed by atoms with Crippen molar-refractivity contribution in [3.05, 3.63) is 41.3 Å². The van der Waals surface area contributed by atoms with Crippen LogP contribution in [0.2, 0.25) is 0 Å². The molecule has 2 aromatic rings. The van der Waals surface area contributed by atoms with Gasteiger partial charge in [-0.2, -0.15) is 0 Å². The smallest absolute Gasteiger partial charge is 0.203 e. The zero-order valence-electron chi connectivity index (χ0n) is 16.5. The van der Waals surface area contributed by atoms with E-state index in [9.17, 15) is 0 Å². The number of furan rings is 1. The normalized spacial score (nSPS) is 18.1. The summed E-state index contributed by atoms with van der Waals surface area (Å²) in [7, 11) is 1.65. The first kappa shape index (κ1) is 19.1. The molecule has 1 aromatic heterocycles. The molecular formula is C21H28N2O5. The van der Waals surface area contributed by atoms with Crippen LogP contribution in [-0.4, -0.2) is 58.1 Å². The van der Waals surface area contributed by atoms with Crippen molar-refractivity contribution in [1.29, 1.82) is 0 Å². The maximum atomic E-state index is 5.93. The van der Waals surface area contributed by atoms with Gasteiger partial charge in [0.25, 0.3) is 0 Å². The molecule has 28 heavy (non-hydrogen) atoms. The summed E-state index contributed by atoms with van der Waals surface area (Å²) in [6.45, 7) is 7.90. The molecule has 1 aromatic carbocycles. The fraction of sp³-hybridized carbons (Fsp3) is 0.524. The summed E-state index contributed by atoms with van der Waals surface area (Å²) in [6, 6.07) is 8.29. The van der Waals surface area contributed by atoms with Gasteiger partial charge in [-0.3, -0.25) is 4.90 Å². The third kappa shape index (κ3) is 4.27. The molecule has 0 radical (unpaired) electrons. The molecule has 2 aliphatic heterocycles. The molecular weight excluding hydrogens is 360 g/mol. The predicted octanol–water partition coefficient (Wildman–Crippen LogP) is 2.53. The number of nitrogens with zero attached hydrogens (tertiary/aromatic N) is 1. The number of hydrogen-bond donors (Lipinski definition) is 1. The lowest BCUT2D eigenvalue weighted by molar-refractivity contribution is 0.0115. The van der Waals surface area contributed by atoms with Gasteiger partial charge in [0.2, 0.25) is 5.75 Å². The largest absolute Gasteiger partial charge is 0.493 e. The maximum absolute atomic E-state index is 5.93. The summed E-state index contributed by atoms with van der Waals surface area (Å²) in [4.78, 5) is 2.42. The van der Waals surface area contributed by atoms with Gasteiger partial charge >= 0.3 is 0 Å². The second kappa shape index (κ2) is 8.86. The van der Waals surface area contributed by atoms with Crippen molar-refractivity contribution in [1.82, 2.24) is 10.2 Å². The van der Waals surface area contributed by atoms with Crippen LogP contribution in [0.1, 0.15) is 23.1 Å². The van der Waals surface area contributed by atoms with Crippen LogP contribution in [0.5, 0.6) is 17.2 Å². The van der Waals surface area contributed by atoms with E-state index in [0.29, 0.717) is 31.3 Å². The highest BCUT2D eigenvalue weighted by molar-refractivity contribution is 5.54. The van der Waals surface area contributed by atoms with E-state index in [4.69, 9.17) is 23.4 Å². The van der Waals surface area contributed by atoms with Crippen molar-refractivity contribution in [2.24, 2.45) is 0 Å². The Kier molecular flexibility index (Phi) is 6.04. The molecule has 152 valence electrons. The minimum atomic E-state index is 0.178. The van der Waals surface area contributed by atoms with Gasteiger partial charge < -0.3 is 28.7 Å². The van der Waals surface area contributed by atoms with Gasteiger partial charge in [-0.05, 0) is 36.8 Å². The van der Waals surface area contributed by atoms with Crippen molar-refractivity contribution < 1.29 is 23.4 Å². The molecule has 1 N–H and O–H groups in total. The average molecular weight is 388 g/mol. The standard InChI is InChI=1S/C21H28N2O5/c1-15-3-4-18(28-15)17(23-5-7-25-8-6-23)14-22-13-16-11-19(24-2)21-20(12-16)26-9-10-27-21/h3-4,11-12,17,22H,5-10,13-14H2,1-2H3. The summed E-state index contributed by atoms with van der Waals surface area (Å²) in [5, 5.41) is 3.57. The summed E-state index contributed by atoms with van der Waals surface area (Å²) >= 11 is 0. The molecule has 0 saturated carbocycles. The number of hydrogen-bond acceptors (Lipinski definition) is 7. The van der Waals surface area contributed by atoms with Crippen LogP contribution < -0.4 is 19.5 Å². The van der Waals surface area contributed by atoms with Gasteiger partial charge in [0.1, 0.15) is 24.7 Å². The first-order valence-electron chi connectivity index (χ1n) is 9.80. The van der Waals surface area contributed by atoms with E-state index in [-0.39, 0.29) is 6.04 Å². The summed E-state index contributed by atoms with van der Waals surface area (Å²) in [5.74, 6) is 4.07. The molecule has 3 heterocycles. The Morgan fingerprint density at radius 2 is 1.93 bits per heavy atom. The number of benzene rings is 1. The van der Waals surface area contributed by atoms with Crippen LogP contribution in [0, 0.1) is 6.92 Å². The number of rotatable bonds is 7. The Bertz CT molecular complexity index is 768. The van der Waals surface area contributed by atoms with Crippen LogP contribution in [0.4, 0.5) is 0 Å². The molecule has 7 heteroatoms. The molecule has 1 atom stereocenters. The fourth-order valence-electron chi connectivity index (χ4n) is 3.71. The minimum Gasteiger partial charge on any atom is -0.493 e. The fourth-order valence-corrected chi connectivity index (χ4v) is 3.71. The molecule has 0 spiro atoms. The SMILES string of the molecule is COc1cc(CNCC(c2ccc(C)o2)N2CCOCC2)cc2c1OCCO2. The lowest BCUT2D eigenvalue weighted by Crippen LogP contribution is -2.42. The van der Waals surface area contributed by atoms with Crippen LogP contribution >= 0.6 is 0 Å². The maximum Gasteiger partial charge on any atom is 0.203 e. The van der Waals surface area contributed by atoms with Gasteiger partial charge in [-0.15, -0.1) is 0 Å². The number of ether oxygens (including phenoxy) is 4. The first-order chi connectivity index (χ1) is 13.7. The second-order valence-corrected chi connectivity index (χ2v) is 7.07. The first-order valence-corrected chi connectivity index (χ1v) is 9.80. The Labute approximate surface area is 165 Å². The number of aryl methyl sites for hydroxylation is 1. The van der Waals surface area contributed by atoms with E-state index >= 15 is 0 Å². The lowest BCUT2D eigenvalue weighted by Gasteiger charge is -2.33. The molecule has 0 amide bonds. The van der Waals surface area contributed by atoms with E-state index < -0.39 is 0 Å². The molecule has 1 fully saturated rings. The Morgan fingerprint density at radius 3 is 2.68 bits per heavy atom. The molecule has 1 saturated heterocycles. The van der Waals surface area contributed by atoms with Crippen molar-refractivity contribution in [3.63, 3.8) is 0 Å². The lowest BCUT2D eigenvalue weighted by atomic mass is 10.1. The topological polar surface area (TPSA) is 65.3 Å². The highest BCUT2D eigenvalue weighted by Crippen LogP contribution is 2.40. The highest BCUT2D eigenvalue weighted by atomic mass is 16.6. The number of morpholine rings is 1. The molecule has 7 nitrogen and oxygen atoms in total.